The van der Waals surface area contributed by atoms with E-state index in [-0.39, 0.29) is 5.75 Å². The zero-order valence-electron chi connectivity index (χ0n) is 10.6. The van der Waals surface area contributed by atoms with Crippen molar-refractivity contribution in [3.8, 4) is 5.75 Å². The summed E-state index contributed by atoms with van der Waals surface area (Å²) in [6.07, 6.45) is 1.65. The molecule has 20 heavy (non-hydrogen) atoms. The monoisotopic (exact) mass is 284 g/mol. The third-order valence-corrected chi connectivity index (χ3v) is 3.70. The molecule has 0 saturated carbocycles. The minimum atomic E-state index is -0.491. The van der Waals surface area contributed by atoms with Gasteiger partial charge in [-0.2, -0.15) is 0 Å². The summed E-state index contributed by atoms with van der Waals surface area (Å²) < 4.78 is 0. The van der Waals surface area contributed by atoms with Gasteiger partial charge in [0.1, 0.15) is 11.3 Å². The lowest BCUT2D eigenvalue weighted by Crippen LogP contribution is -2.12. The summed E-state index contributed by atoms with van der Waals surface area (Å²) in [4.78, 5) is 4.20. The molecule has 0 radical (unpaired) electrons. The number of nitrogens with zero attached hydrogens (tertiary/aromatic N) is 1. The Morgan fingerprint density at radius 1 is 1.00 bits per heavy atom. The standard InChI is InChI=1S/C16H13ClN2O/c17-13-6-2-1-5-11(13)14(18)12-8-7-10-4-3-9-19-15(10)16(12)20/h1-9,14,20H,18H2. The average Bonchev–Trinajstić information content (AvgIpc) is 2.48. The zero-order chi connectivity index (χ0) is 14.1. The van der Waals surface area contributed by atoms with Crippen LogP contribution in [0.3, 0.4) is 0 Å². The zero-order valence-corrected chi connectivity index (χ0v) is 11.4. The van der Waals surface area contributed by atoms with Crippen molar-refractivity contribution < 1.29 is 5.11 Å². The molecule has 0 spiro atoms. The van der Waals surface area contributed by atoms with E-state index in [2.05, 4.69) is 4.98 Å². The van der Waals surface area contributed by atoms with Crippen LogP contribution in [0.5, 0.6) is 5.75 Å². The van der Waals surface area contributed by atoms with E-state index in [1.165, 1.54) is 0 Å². The van der Waals surface area contributed by atoms with Gasteiger partial charge >= 0.3 is 0 Å². The fourth-order valence-corrected chi connectivity index (χ4v) is 2.54. The Bertz CT molecular complexity index is 773. The number of benzene rings is 2. The summed E-state index contributed by atoms with van der Waals surface area (Å²) in [5, 5.41) is 11.8. The summed E-state index contributed by atoms with van der Waals surface area (Å²) in [7, 11) is 0. The maximum atomic E-state index is 10.4. The lowest BCUT2D eigenvalue weighted by Gasteiger charge is -2.16. The number of phenolic OH excluding ortho intramolecular Hbond substituents is 1. The van der Waals surface area contributed by atoms with E-state index >= 15 is 0 Å². The molecule has 0 amide bonds. The number of fused-ring (bicyclic) bond motifs is 1. The molecular formula is C16H13ClN2O. The van der Waals surface area contributed by atoms with Crippen LogP contribution in [-0.2, 0) is 0 Å². The van der Waals surface area contributed by atoms with E-state index in [9.17, 15) is 5.11 Å². The van der Waals surface area contributed by atoms with E-state index in [0.717, 1.165) is 10.9 Å². The average molecular weight is 285 g/mol. The number of aromatic nitrogens is 1. The second kappa shape index (κ2) is 5.12. The number of halogens is 1. The number of nitrogens with two attached hydrogens (primary N) is 1. The lowest BCUT2D eigenvalue weighted by atomic mass is 9.97. The summed E-state index contributed by atoms with van der Waals surface area (Å²) in [6, 6.07) is 14.3. The molecule has 0 saturated heterocycles. The molecule has 2 aromatic carbocycles. The summed E-state index contributed by atoms with van der Waals surface area (Å²) in [6.45, 7) is 0. The van der Waals surface area contributed by atoms with Gasteiger partial charge < -0.3 is 10.8 Å². The molecule has 1 atom stereocenters. The van der Waals surface area contributed by atoms with Gasteiger partial charge in [0, 0.05) is 22.2 Å². The molecule has 0 fully saturated rings. The fourth-order valence-electron chi connectivity index (χ4n) is 2.29. The Labute approximate surface area is 121 Å². The van der Waals surface area contributed by atoms with Gasteiger partial charge in [0.25, 0.3) is 0 Å². The number of rotatable bonds is 2. The first-order valence-electron chi connectivity index (χ1n) is 6.25. The fraction of sp³-hybridized carbons (Fsp3) is 0.0625. The van der Waals surface area contributed by atoms with E-state index < -0.39 is 6.04 Å². The summed E-state index contributed by atoms with van der Waals surface area (Å²) in [5.74, 6) is 0.107. The highest BCUT2D eigenvalue weighted by atomic mass is 35.5. The van der Waals surface area contributed by atoms with Crippen LogP contribution in [0.1, 0.15) is 17.2 Å². The molecule has 3 rings (SSSR count). The van der Waals surface area contributed by atoms with Gasteiger partial charge in [0.2, 0.25) is 0 Å². The molecule has 3 aromatic rings. The maximum Gasteiger partial charge on any atom is 0.146 e. The molecule has 100 valence electrons. The van der Waals surface area contributed by atoms with Crippen LogP contribution < -0.4 is 5.73 Å². The second-order valence-corrected chi connectivity index (χ2v) is 4.98. The largest absolute Gasteiger partial charge is 0.505 e. The van der Waals surface area contributed by atoms with Gasteiger partial charge in [-0.05, 0) is 17.7 Å². The Kier molecular flexibility index (Phi) is 3.30. The third-order valence-electron chi connectivity index (χ3n) is 3.35. The third kappa shape index (κ3) is 2.11. The van der Waals surface area contributed by atoms with Gasteiger partial charge in [0.05, 0.1) is 6.04 Å². The number of hydrogen-bond acceptors (Lipinski definition) is 3. The maximum absolute atomic E-state index is 10.4. The molecule has 1 unspecified atom stereocenters. The first-order valence-corrected chi connectivity index (χ1v) is 6.63. The quantitative estimate of drug-likeness (QED) is 0.755. The van der Waals surface area contributed by atoms with Crippen molar-refractivity contribution >= 4 is 22.5 Å². The molecule has 1 heterocycles. The second-order valence-electron chi connectivity index (χ2n) is 4.58. The molecule has 1 aromatic heterocycles. The van der Waals surface area contributed by atoms with Crippen LogP contribution in [0.25, 0.3) is 10.9 Å². The van der Waals surface area contributed by atoms with E-state index in [1.807, 2.05) is 42.5 Å². The van der Waals surface area contributed by atoms with Crippen molar-refractivity contribution in [2.75, 3.05) is 0 Å². The number of phenols is 1. The smallest absolute Gasteiger partial charge is 0.146 e. The van der Waals surface area contributed by atoms with Gasteiger partial charge in [-0.3, -0.25) is 4.98 Å². The van der Waals surface area contributed by atoms with Gasteiger partial charge in [0.15, 0.2) is 0 Å². The summed E-state index contributed by atoms with van der Waals surface area (Å²) >= 11 is 6.16. The molecule has 0 aliphatic rings. The van der Waals surface area contributed by atoms with Crippen molar-refractivity contribution in [1.29, 1.82) is 0 Å². The van der Waals surface area contributed by atoms with Crippen LogP contribution in [0, 0.1) is 0 Å². The highest BCUT2D eigenvalue weighted by Gasteiger charge is 2.17. The Morgan fingerprint density at radius 2 is 1.80 bits per heavy atom. The Morgan fingerprint density at radius 3 is 2.60 bits per heavy atom. The van der Waals surface area contributed by atoms with E-state index in [4.69, 9.17) is 17.3 Å². The van der Waals surface area contributed by atoms with Crippen LogP contribution >= 0.6 is 11.6 Å². The predicted molar refractivity (Wildman–Crippen MR) is 80.9 cm³/mol. The highest BCUT2D eigenvalue weighted by molar-refractivity contribution is 6.31. The highest BCUT2D eigenvalue weighted by Crippen LogP contribution is 2.35. The SMILES string of the molecule is NC(c1ccccc1Cl)c1ccc2cccnc2c1O. The Balaban J connectivity index is 2.15. The molecule has 0 bridgehead atoms. The normalized spacial score (nSPS) is 12.5. The van der Waals surface area contributed by atoms with Crippen LogP contribution in [0.15, 0.2) is 54.7 Å². The first-order chi connectivity index (χ1) is 9.68. The van der Waals surface area contributed by atoms with Gasteiger partial charge in [-0.1, -0.05) is 48.0 Å². The van der Waals surface area contributed by atoms with Crippen molar-refractivity contribution in [3.05, 3.63) is 70.9 Å². The topological polar surface area (TPSA) is 59.1 Å². The van der Waals surface area contributed by atoms with Crippen LogP contribution in [0.2, 0.25) is 5.02 Å². The first kappa shape index (κ1) is 12.9. The van der Waals surface area contributed by atoms with Crippen molar-refractivity contribution in [1.82, 2.24) is 4.98 Å². The molecule has 3 N–H and O–H groups in total. The van der Waals surface area contributed by atoms with Gasteiger partial charge in [-0.25, -0.2) is 0 Å². The van der Waals surface area contributed by atoms with Crippen molar-refractivity contribution in [2.24, 2.45) is 5.73 Å². The van der Waals surface area contributed by atoms with Crippen LogP contribution in [-0.4, -0.2) is 10.1 Å². The van der Waals surface area contributed by atoms with Crippen molar-refractivity contribution in [2.45, 2.75) is 6.04 Å². The lowest BCUT2D eigenvalue weighted by molar-refractivity contribution is 0.470. The van der Waals surface area contributed by atoms with Gasteiger partial charge in [-0.15, -0.1) is 0 Å². The summed E-state index contributed by atoms with van der Waals surface area (Å²) in [5.41, 5.74) is 8.18. The number of pyridine rings is 1. The van der Waals surface area contributed by atoms with E-state index in [0.29, 0.717) is 16.1 Å². The molecule has 4 heteroatoms. The van der Waals surface area contributed by atoms with E-state index in [1.54, 1.807) is 12.3 Å². The molecule has 0 aliphatic carbocycles. The minimum absolute atomic E-state index is 0.107. The van der Waals surface area contributed by atoms with Crippen LogP contribution in [0.4, 0.5) is 0 Å². The number of hydrogen-bond donors (Lipinski definition) is 2. The van der Waals surface area contributed by atoms with Crippen molar-refractivity contribution in [3.63, 3.8) is 0 Å². The predicted octanol–water partition coefficient (Wildman–Crippen LogP) is 3.64. The Hall–Kier alpha value is -2.10. The minimum Gasteiger partial charge on any atom is -0.505 e. The molecular weight excluding hydrogens is 272 g/mol. The molecule has 0 aliphatic heterocycles. The number of aromatic hydroxyl groups is 1. The molecule has 3 nitrogen and oxygen atoms in total.